The average Bonchev–Trinajstić information content (AvgIpc) is 2.07. The van der Waals surface area contributed by atoms with E-state index >= 15 is 0 Å². The minimum absolute atomic E-state index is 0.00694. The van der Waals surface area contributed by atoms with E-state index in [1.54, 1.807) is 0 Å². The van der Waals surface area contributed by atoms with E-state index in [0.29, 0.717) is 10.8 Å². The zero-order valence-corrected chi connectivity index (χ0v) is 18.4. The Morgan fingerprint density at radius 2 is 1.04 bits per heavy atom. The standard InChI is InChI=1S/C7H14O.C7H16O.C7H16/c1-7(2,3)6-4-8-5-6;1-6(2,3)7(4,5)8;1-6(2)7(3,4)5/h6H,4-5H2,1-3H3;8H,1-5H3;6H,1-5H3. The van der Waals surface area contributed by atoms with Crippen LogP contribution in [0.2, 0.25) is 0 Å². The second-order valence-electron chi connectivity index (χ2n) is 10.9. The zero-order valence-electron chi connectivity index (χ0n) is 18.4. The maximum atomic E-state index is 9.35. The minimum atomic E-state index is -0.562. The molecular formula is C21H46O2. The molecule has 1 heterocycles. The van der Waals surface area contributed by atoms with Crippen molar-refractivity contribution in [1.82, 2.24) is 0 Å². The molecule has 0 aliphatic carbocycles. The summed E-state index contributed by atoms with van der Waals surface area (Å²) in [5.74, 6) is 1.61. The minimum Gasteiger partial charge on any atom is -0.390 e. The lowest BCUT2D eigenvalue weighted by Gasteiger charge is -2.37. The first-order valence-electron chi connectivity index (χ1n) is 9.10. The van der Waals surface area contributed by atoms with E-state index in [4.69, 9.17) is 4.74 Å². The van der Waals surface area contributed by atoms with Gasteiger partial charge in [-0.3, -0.25) is 0 Å². The normalized spacial score (nSPS) is 16.8. The maximum absolute atomic E-state index is 9.35. The third kappa shape index (κ3) is 12.0. The van der Waals surface area contributed by atoms with Crippen LogP contribution in [0.1, 0.15) is 90.0 Å². The van der Waals surface area contributed by atoms with Crippen molar-refractivity contribution in [2.45, 2.75) is 95.6 Å². The molecule has 1 N–H and O–H groups in total. The Balaban J connectivity index is 0. The number of rotatable bonds is 0. The molecule has 0 amide bonds. The summed E-state index contributed by atoms with van der Waals surface area (Å²) in [5, 5.41) is 9.35. The fraction of sp³-hybridized carbons (Fsp3) is 1.00. The largest absolute Gasteiger partial charge is 0.390 e. The molecule has 1 aliphatic rings. The first-order valence-corrected chi connectivity index (χ1v) is 9.10. The lowest BCUT2D eigenvalue weighted by Crippen LogP contribution is -2.37. The van der Waals surface area contributed by atoms with Gasteiger partial charge in [0.15, 0.2) is 0 Å². The monoisotopic (exact) mass is 330 g/mol. The Hall–Kier alpha value is -0.0800. The highest BCUT2D eigenvalue weighted by atomic mass is 16.5. The second kappa shape index (κ2) is 8.85. The summed E-state index contributed by atoms with van der Waals surface area (Å²) in [5.41, 5.74) is 0.401. The van der Waals surface area contributed by atoms with E-state index < -0.39 is 5.60 Å². The Bertz CT molecular complexity index is 287. The van der Waals surface area contributed by atoms with E-state index in [0.717, 1.165) is 25.0 Å². The van der Waals surface area contributed by atoms with Crippen molar-refractivity contribution in [2.75, 3.05) is 13.2 Å². The molecule has 0 aromatic carbocycles. The van der Waals surface area contributed by atoms with Crippen LogP contribution in [0.5, 0.6) is 0 Å². The van der Waals surface area contributed by atoms with Crippen LogP contribution in [0.4, 0.5) is 0 Å². The summed E-state index contributed by atoms with van der Waals surface area (Å²) >= 11 is 0. The molecule has 0 unspecified atom stereocenters. The summed E-state index contributed by atoms with van der Waals surface area (Å²) in [6, 6.07) is 0. The molecule has 1 fully saturated rings. The number of aliphatic hydroxyl groups is 1. The van der Waals surface area contributed by atoms with Crippen molar-refractivity contribution in [2.24, 2.45) is 28.1 Å². The summed E-state index contributed by atoms with van der Waals surface area (Å²) < 4.78 is 5.06. The Morgan fingerprint density at radius 1 is 0.783 bits per heavy atom. The smallest absolute Gasteiger partial charge is 0.0639 e. The van der Waals surface area contributed by atoms with E-state index in [1.165, 1.54) is 0 Å². The summed E-state index contributed by atoms with van der Waals surface area (Å²) in [7, 11) is 0. The molecule has 2 heteroatoms. The molecule has 0 bridgehead atoms. The quantitative estimate of drug-likeness (QED) is 0.575. The first-order chi connectivity index (χ1) is 9.80. The third-order valence-electron chi connectivity index (χ3n) is 5.43. The predicted octanol–water partition coefficient (Wildman–Crippen LogP) is 6.17. The van der Waals surface area contributed by atoms with Crippen molar-refractivity contribution < 1.29 is 9.84 Å². The molecule has 0 radical (unpaired) electrons. The molecular weight excluding hydrogens is 284 g/mol. The van der Waals surface area contributed by atoms with Gasteiger partial charge < -0.3 is 9.84 Å². The van der Waals surface area contributed by atoms with Crippen LogP contribution >= 0.6 is 0 Å². The highest BCUT2D eigenvalue weighted by Gasteiger charge is 2.30. The van der Waals surface area contributed by atoms with Crippen LogP contribution in [-0.4, -0.2) is 23.9 Å². The van der Waals surface area contributed by atoms with Crippen LogP contribution in [0, 0.1) is 28.1 Å². The summed E-state index contributed by atoms with van der Waals surface area (Å²) in [4.78, 5) is 0. The topological polar surface area (TPSA) is 29.5 Å². The predicted molar refractivity (Wildman–Crippen MR) is 104 cm³/mol. The van der Waals surface area contributed by atoms with Gasteiger partial charge in [0.1, 0.15) is 0 Å². The Kier molecular flexibility index (Phi) is 9.68. The van der Waals surface area contributed by atoms with Crippen molar-refractivity contribution >= 4 is 0 Å². The van der Waals surface area contributed by atoms with Crippen LogP contribution < -0.4 is 0 Å². The number of ether oxygens (including phenoxy) is 1. The summed E-state index contributed by atoms with van der Waals surface area (Å²) in [6.45, 7) is 29.7. The van der Waals surface area contributed by atoms with Gasteiger partial charge in [-0.15, -0.1) is 0 Å². The maximum Gasteiger partial charge on any atom is 0.0639 e. The lowest BCUT2D eigenvalue weighted by molar-refractivity contribution is -0.0821. The van der Waals surface area contributed by atoms with Crippen molar-refractivity contribution in [3.63, 3.8) is 0 Å². The fourth-order valence-electron chi connectivity index (χ4n) is 0.736. The van der Waals surface area contributed by atoms with Gasteiger partial charge >= 0.3 is 0 Å². The molecule has 0 aromatic heterocycles. The van der Waals surface area contributed by atoms with Crippen molar-refractivity contribution in [3.8, 4) is 0 Å². The summed E-state index contributed by atoms with van der Waals surface area (Å²) in [6.07, 6.45) is 0. The van der Waals surface area contributed by atoms with E-state index in [1.807, 2.05) is 34.6 Å². The van der Waals surface area contributed by atoms with Gasteiger partial charge in [0.2, 0.25) is 0 Å². The van der Waals surface area contributed by atoms with E-state index in [9.17, 15) is 5.11 Å². The molecule has 0 atom stereocenters. The van der Waals surface area contributed by atoms with Gasteiger partial charge in [-0.2, -0.15) is 0 Å². The SMILES string of the molecule is CC(C)(C)C(C)(C)O.CC(C)(C)C1COC1.CC(C)C(C)(C)C. The number of hydrogen-bond acceptors (Lipinski definition) is 2. The molecule has 1 rings (SSSR count). The van der Waals surface area contributed by atoms with Crippen LogP contribution in [0.25, 0.3) is 0 Å². The molecule has 1 saturated heterocycles. The van der Waals surface area contributed by atoms with Crippen LogP contribution in [-0.2, 0) is 4.74 Å². The van der Waals surface area contributed by atoms with Gasteiger partial charge in [0, 0.05) is 5.92 Å². The molecule has 23 heavy (non-hydrogen) atoms. The highest BCUT2D eigenvalue weighted by molar-refractivity contribution is 4.80. The van der Waals surface area contributed by atoms with E-state index in [2.05, 4.69) is 55.4 Å². The van der Waals surface area contributed by atoms with Gasteiger partial charge in [-0.1, -0.05) is 76.2 Å². The molecule has 0 saturated carbocycles. The van der Waals surface area contributed by atoms with Gasteiger partial charge in [-0.25, -0.2) is 0 Å². The highest BCUT2D eigenvalue weighted by Crippen LogP contribution is 2.31. The Morgan fingerprint density at radius 3 is 1.04 bits per heavy atom. The van der Waals surface area contributed by atoms with E-state index in [-0.39, 0.29) is 5.41 Å². The van der Waals surface area contributed by atoms with Gasteiger partial charge in [-0.05, 0) is 36.0 Å². The lowest BCUT2D eigenvalue weighted by atomic mass is 9.79. The third-order valence-corrected chi connectivity index (χ3v) is 5.43. The van der Waals surface area contributed by atoms with Gasteiger partial charge in [0.05, 0.1) is 18.8 Å². The molecule has 2 nitrogen and oxygen atoms in total. The molecule has 0 aromatic rings. The van der Waals surface area contributed by atoms with Crippen molar-refractivity contribution in [3.05, 3.63) is 0 Å². The molecule has 0 spiro atoms. The molecule has 142 valence electrons. The van der Waals surface area contributed by atoms with Gasteiger partial charge in [0.25, 0.3) is 0 Å². The Labute approximate surface area is 147 Å². The number of hydrogen-bond donors (Lipinski definition) is 1. The zero-order chi connectivity index (χ0) is 19.3. The van der Waals surface area contributed by atoms with Crippen LogP contribution in [0.15, 0.2) is 0 Å². The average molecular weight is 331 g/mol. The van der Waals surface area contributed by atoms with Crippen molar-refractivity contribution in [1.29, 1.82) is 0 Å². The molecule has 1 aliphatic heterocycles. The first kappa shape index (κ1) is 25.2. The van der Waals surface area contributed by atoms with Crippen LogP contribution in [0.3, 0.4) is 0 Å². The fourth-order valence-corrected chi connectivity index (χ4v) is 0.736. The second-order valence-corrected chi connectivity index (χ2v) is 10.9.